The maximum atomic E-state index is 12.4. The lowest BCUT2D eigenvalue weighted by atomic mass is 10.1. The van der Waals surface area contributed by atoms with Crippen LogP contribution in [0, 0.1) is 0 Å². The quantitative estimate of drug-likeness (QED) is 0.810. The maximum Gasteiger partial charge on any atom is 0.234 e. The Morgan fingerprint density at radius 3 is 2.91 bits per heavy atom. The van der Waals surface area contributed by atoms with Crippen LogP contribution in [0.3, 0.4) is 0 Å². The molecule has 4 nitrogen and oxygen atoms in total. The van der Waals surface area contributed by atoms with Crippen molar-refractivity contribution in [2.24, 2.45) is 0 Å². The number of hydrogen-bond acceptors (Lipinski definition) is 3. The molecule has 1 aromatic rings. The second-order valence-electron chi connectivity index (χ2n) is 5.93. The van der Waals surface area contributed by atoms with Gasteiger partial charge in [0.25, 0.3) is 0 Å². The summed E-state index contributed by atoms with van der Waals surface area (Å²) in [7, 11) is 0. The van der Waals surface area contributed by atoms with Crippen molar-refractivity contribution in [3.05, 3.63) is 34.9 Å². The fourth-order valence-electron chi connectivity index (χ4n) is 3.00. The van der Waals surface area contributed by atoms with Crippen molar-refractivity contribution < 1.29 is 4.79 Å². The van der Waals surface area contributed by atoms with Gasteiger partial charge in [0.05, 0.1) is 12.6 Å². The molecule has 1 aliphatic rings. The summed E-state index contributed by atoms with van der Waals surface area (Å²) >= 11 is 6.19. The van der Waals surface area contributed by atoms with Gasteiger partial charge in [-0.3, -0.25) is 9.69 Å². The third-order valence-corrected chi connectivity index (χ3v) is 4.50. The molecule has 0 saturated carbocycles. The smallest absolute Gasteiger partial charge is 0.234 e. The molecule has 0 radical (unpaired) electrons. The molecule has 22 heavy (non-hydrogen) atoms. The van der Waals surface area contributed by atoms with Crippen LogP contribution in [0.2, 0.25) is 5.02 Å². The summed E-state index contributed by atoms with van der Waals surface area (Å²) in [5, 5.41) is 7.13. The van der Waals surface area contributed by atoms with Crippen LogP contribution in [-0.2, 0) is 4.79 Å². The van der Waals surface area contributed by atoms with Crippen molar-refractivity contribution in [2.45, 2.75) is 38.8 Å². The van der Waals surface area contributed by atoms with Gasteiger partial charge in [0.15, 0.2) is 0 Å². The van der Waals surface area contributed by atoms with Gasteiger partial charge < -0.3 is 10.6 Å². The third kappa shape index (κ3) is 4.70. The zero-order chi connectivity index (χ0) is 15.9. The van der Waals surface area contributed by atoms with E-state index in [1.54, 1.807) is 0 Å². The Morgan fingerprint density at radius 2 is 2.27 bits per heavy atom. The molecule has 1 fully saturated rings. The van der Waals surface area contributed by atoms with Crippen LogP contribution in [0.15, 0.2) is 24.3 Å². The lowest BCUT2D eigenvalue weighted by Crippen LogP contribution is -2.44. The molecule has 2 atom stereocenters. The highest BCUT2D eigenvalue weighted by Crippen LogP contribution is 2.22. The predicted molar refractivity (Wildman–Crippen MR) is 91.1 cm³/mol. The molecule has 0 aliphatic carbocycles. The lowest BCUT2D eigenvalue weighted by Gasteiger charge is -2.28. The summed E-state index contributed by atoms with van der Waals surface area (Å²) in [5.74, 6) is 0.0627. The van der Waals surface area contributed by atoms with E-state index in [0.29, 0.717) is 17.6 Å². The van der Waals surface area contributed by atoms with Gasteiger partial charge in [-0.05, 0) is 44.5 Å². The topological polar surface area (TPSA) is 44.4 Å². The highest BCUT2D eigenvalue weighted by molar-refractivity contribution is 6.31. The van der Waals surface area contributed by atoms with Gasteiger partial charge >= 0.3 is 0 Å². The Hall–Kier alpha value is -1.10. The maximum absolute atomic E-state index is 12.4. The Balaban J connectivity index is 1.91. The molecule has 0 bridgehead atoms. The van der Waals surface area contributed by atoms with Crippen molar-refractivity contribution in [3.63, 3.8) is 0 Å². The molecule has 0 spiro atoms. The number of hydrogen-bond donors (Lipinski definition) is 2. The van der Waals surface area contributed by atoms with Gasteiger partial charge in [-0.25, -0.2) is 0 Å². The molecule has 122 valence electrons. The van der Waals surface area contributed by atoms with Crippen LogP contribution in [-0.4, -0.2) is 43.0 Å². The van der Waals surface area contributed by atoms with Gasteiger partial charge in [-0.15, -0.1) is 0 Å². The van der Waals surface area contributed by atoms with Crippen LogP contribution >= 0.6 is 11.6 Å². The van der Waals surface area contributed by atoms with Crippen LogP contribution in [0.1, 0.15) is 38.3 Å². The molecule has 1 saturated heterocycles. The minimum absolute atomic E-state index is 0.0627. The molecule has 2 N–H and O–H groups in total. The lowest BCUT2D eigenvalue weighted by molar-refractivity contribution is -0.123. The SMILES string of the molecule is CCCN(CC(=O)NC(C)c1ccccc1Cl)C1CCNC1. The molecular formula is C17H26ClN3O. The third-order valence-electron chi connectivity index (χ3n) is 4.16. The van der Waals surface area contributed by atoms with E-state index in [2.05, 4.69) is 22.5 Å². The first-order valence-corrected chi connectivity index (χ1v) is 8.48. The summed E-state index contributed by atoms with van der Waals surface area (Å²) in [4.78, 5) is 14.7. The number of amides is 1. The molecule has 1 aliphatic heterocycles. The van der Waals surface area contributed by atoms with E-state index in [-0.39, 0.29) is 11.9 Å². The monoisotopic (exact) mass is 323 g/mol. The van der Waals surface area contributed by atoms with Gasteiger partial charge in [-0.2, -0.15) is 0 Å². The van der Waals surface area contributed by atoms with Crippen molar-refractivity contribution in [1.29, 1.82) is 0 Å². The van der Waals surface area contributed by atoms with Crippen molar-refractivity contribution >= 4 is 17.5 Å². The molecule has 5 heteroatoms. The average Bonchev–Trinajstić information content (AvgIpc) is 3.01. The molecule has 0 aromatic heterocycles. The Kier molecular flexibility index (Phi) is 6.68. The summed E-state index contributed by atoms with van der Waals surface area (Å²) < 4.78 is 0. The summed E-state index contributed by atoms with van der Waals surface area (Å²) in [6.07, 6.45) is 2.18. The number of halogens is 1. The predicted octanol–water partition coefficient (Wildman–Crippen LogP) is 2.59. The van der Waals surface area contributed by atoms with Crippen LogP contribution in [0.5, 0.6) is 0 Å². The van der Waals surface area contributed by atoms with E-state index in [9.17, 15) is 4.79 Å². The van der Waals surface area contributed by atoms with Crippen molar-refractivity contribution in [3.8, 4) is 0 Å². The minimum Gasteiger partial charge on any atom is -0.348 e. The largest absolute Gasteiger partial charge is 0.348 e. The Morgan fingerprint density at radius 1 is 1.50 bits per heavy atom. The first-order valence-electron chi connectivity index (χ1n) is 8.10. The number of carbonyl (C=O) groups is 1. The summed E-state index contributed by atoms with van der Waals surface area (Å²) in [5.41, 5.74) is 0.960. The highest BCUT2D eigenvalue weighted by atomic mass is 35.5. The summed E-state index contributed by atoms with van der Waals surface area (Å²) in [6.45, 7) is 7.56. The number of benzene rings is 1. The normalized spacial score (nSPS) is 19.4. The van der Waals surface area contributed by atoms with Crippen molar-refractivity contribution in [2.75, 3.05) is 26.2 Å². The molecular weight excluding hydrogens is 298 g/mol. The fraction of sp³-hybridized carbons (Fsp3) is 0.588. The molecule has 1 amide bonds. The Labute approximate surface area is 138 Å². The zero-order valence-electron chi connectivity index (χ0n) is 13.4. The number of nitrogens with one attached hydrogen (secondary N) is 2. The van der Waals surface area contributed by atoms with Gasteiger partial charge in [0, 0.05) is 17.6 Å². The number of carbonyl (C=O) groups excluding carboxylic acids is 1. The van der Waals surface area contributed by atoms with E-state index in [0.717, 1.165) is 38.0 Å². The summed E-state index contributed by atoms with van der Waals surface area (Å²) in [6, 6.07) is 8.05. The van der Waals surface area contributed by atoms with Gasteiger partial charge in [-0.1, -0.05) is 36.7 Å². The second-order valence-corrected chi connectivity index (χ2v) is 6.34. The van der Waals surface area contributed by atoms with E-state index in [4.69, 9.17) is 11.6 Å². The molecule has 1 heterocycles. The molecule has 1 aromatic carbocycles. The van der Waals surface area contributed by atoms with E-state index in [1.807, 2.05) is 31.2 Å². The fourth-order valence-corrected chi connectivity index (χ4v) is 3.30. The molecule has 2 rings (SSSR count). The molecule has 2 unspecified atom stereocenters. The standard InChI is InChI=1S/C17H26ClN3O/c1-3-10-21(14-8-9-19-11-14)12-17(22)20-13(2)15-6-4-5-7-16(15)18/h4-7,13-14,19H,3,8-12H2,1-2H3,(H,20,22). The number of nitrogens with zero attached hydrogens (tertiary/aromatic N) is 1. The van der Waals surface area contributed by atoms with Crippen LogP contribution in [0.25, 0.3) is 0 Å². The number of rotatable bonds is 7. The van der Waals surface area contributed by atoms with E-state index >= 15 is 0 Å². The average molecular weight is 324 g/mol. The van der Waals surface area contributed by atoms with E-state index < -0.39 is 0 Å². The minimum atomic E-state index is -0.0774. The van der Waals surface area contributed by atoms with Gasteiger partial charge in [0.2, 0.25) is 5.91 Å². The van der Waals surface area contributed by atoms with Crippen molar-refractivity contribution in [1.82, 2.24) is 15.5 Å². The van der Waals surface area contributed by atoms with Gasteiger partial charge in [0.1, 0.15) is 0 Å². The second kappa shape index (κ2) is 8.51. The first-order chi connectivity index (χ1) is 10.6. The highest BCUT2D eigenvalue weighted by Gasteiger charge is 2.24. The zero-order valence-corrected chi connectivity index (χ0v) is 14.2. The van der Waals surface area contributed by atoms with Crippen LogP contribution < -0.4 is 10.6 Å². The Bertz CT molecular complexity index is 489. The van der Waals surface area contributed by atoms with Crippen LogP contribution in [0.4, 0.5) is 0 Å². The first kappa shape index (κ1) is 17.3. The van der Waals surface area contributed by atoms with E-state index in [1.165, 1.54) is 0 Å².